The summed E-state index contributed by atoms with van der Waals surface area (Å²) in [7, 11) is 0. The van der Waals surface area contributed by atoms with Crippen molar-refractivity contribution in [3.05, 3.63) is 29.8 Å². The number of hydrogen-bond donors (Lipinski definition) is 1. The standard InChI is InChI=1S/C15H20N2O3/c1-11(18)12-5-4-6-13(9-12)16-14(19)17-7-8-20-10-15(17,2)3/h4-6,9H,7-8,10H2,1-3H3,(H,16,19). The molecule has 5 heteroatoms. The Morgan fingerprint density at radius 1 is 1.35 bits per heavy atom. The topological polar surface area (TPSA) is 58.6 Å². The van der Waals surface area contributed by atoms with Gasteiger partial charge in [0.1, 0.15) is 0 Å². The van der Waals surface area contributed by atoms with Gasteiger partial charge in [0.2, 0.25) is 0 Å². The Bertz CT molecular complexity index is 526. The van der Waals surface area contributed by atoms with Crippen molar-refractivity contribution in [1.82, 2.24) is 4.90 Å². The van der Waals surface area contributed by atoms with Crippen molar-refractivity contribution >= 4 is 17.5 Å². The minimum atomic E-state index is -0.333. The van der Waals surface area contributed by atoms with Crippen LogP contribution in [0.15, 0.2) is 24.3 Å². The third kappa shape index (κ3) is 3.17. The predicted molar refractivity (Wildman–Crippen MR) is 77.1 cm³/mol. The first-order valence-corrected chi connectivity index (χ1v) is 6.67. The summed E-state index contributed by atoms with van der Waals surface area (Å²) in [6.45, 7) is 7.07. The maximum atomic E-state index is 12.3. The molecule has 0 aliphatic carbocycles. The molecule has 0 aromatic heterocycles. The average molecular weight is 276 g/mol. The second kappa shape index (κ2) is 5.63. The van der Waals surface area contributed by atoms with Gasteiger partial charge in [0, 0.05) is 17.8 Å². The highest BCUT2D eigenvalue weighted by atomic mass is 16.5. The van der Waals surface area contributed by atoms with Crippen molar-refractivity contribution in [2.45, 2.75) is 26.3 Å². The van der Waals surface area contributed by atoms with E-state index in [1.165, 1.54) is 6.92 Å². The number of nitrogens with one attached hydrogen (secondary N) is 1. The van der Waals surface area contributed by atoms with Crippen LogP contribution >= 0.6 is 0 Å². The van der Waals surface area contributed by atoms with E-state index in [-0.39, 0.29) is 17.4 Å². The Kier molecular flexibility index (Phi) is 4.09. The fourth-order valence-corrected chi connectivity index (χ4v) is 2.24. The monoisotopic (exact) mass is 276 g/mol. The number of carbonyl (C=O) groups excluding carboxylic acids is 2. The molecule has 2 amide bonds. The number of morpholine rings is 1. The van der Waals surface area contributed by atoms with Crippen LogP contribution in [0.3, 0.4) is 0 Å². The van der Waals surface area contributed by atoms with Gasteiger partial charge in [-0.3, -0.25) is 4.79 Å². The molecule has 0 unspecified atom stereocenters. The highest BCUT2D eigenvalue weighted by molar-refractivity contribution is 5.96. The van der Waals surface area contributed by atoms with Crippen LogP contribution in [0.2, 0.25) is 0 Å². The highest BCUT2D eigenvalue weighted by Gasteiger charge is 2.34. The van der Waals surface area contributed by atoms with Crippen LogP contribution in [-0.2, 0) is 4.74 Å². The summed E-state index contributed by atoms with van der Waals surface area (Å²) in [6, 6.07) is 6.79. The van der Waals surface area contributed by atoms with Crippen LogP contribution in [0.4, 0.5) is 10.5 Å². The molecule has 2 rings (SSSR count). The van der Waals surface area contributed by atoms with Crippen molar-refractivity contribution in [2.24, 2.45) is 0 Å². The van der Waals surface area contributed by atoms with Gasteiger partial charge in [-0.15, -0.1) is 0 Å². The summed E-state index contributed by atoms with van der Waals surface area (Å²) in [6.07, 6.45) is 0. The summed E-state index contributed by atoms with van der Waals surface area (Å²) < 4.78 is 5.40. The van der Waals surface area contributed by atoms with Gasteiger partial charge >= 0.3 is 6.03 Å². The number of ether oxygens (including phenoxy) is 1. The molecule has 1 heterocycles. The molecule has 0 atom stereocenters. The number of rotatable bonds is 2. The largest absolute Gasteiger partial charge is 0.377 e. The summed E-state index contributed by atoms with van der Waals surface area (Å²) in [5, 5.41) is 2.84. The van der Waals surface area contributed by atoms with E-state index < -0.39 is 0 Å². The molecule has 1 aliphatic heterocycles. The molecule has 0 spiro atoms. The molecule has 1 fully saturated rings. The van der Waals surface area contributed by atoms with Gasteiger partial charge in [0.05, 0.1) is 18.8 Å². The van der Waals surface area contributed by atoms with Gasteiger partial charge in [-0.1, -0.05) is 12.1 Å². The van der Waals surface area contributed by atoms with E-state index in [1.54, 1.807) is 29.2 Å². The Labute approximate surface area is 118 Å². The van der Waals surface area contributed by atoms with Crippen molar-refractivity contribution in [1.29, 1.82) is 0 Å². The van der Waals surface area contributed by atoms with E-state index in [0.29, 0.717) is 31.0 Å². The molecule has 20 heavy (non-hydrogen) atoms. The van der Waals surface area contributed by atoms with Gasteiger partial charge in [-0.25, -0.2) is 4.79 Å². The molecule has 0 saturated carbocycles. The lowest BCUT2D eigenvalue weighted by Gasteiger charge is -2.41. The summed E-state index contributed by atoms with van der Waals surface area (Å²) >= 11 is 0. The van der Waals surface area contributed by atoms with Gasteiger partial charge in [0.25, 0.3) is 0 Å². The van der Waals surface area contributed by atoms with E-state index in [0.717, 1.165) is 0 Å². The zero-order valence-corrected chi connectivity index (χ0v) is 12.1. The fraction of sp³-hybridized carbons (Fsp3) is 0.467. The number of nitrogens with zero attached hydrogens (tertiary/aromatic N) is 1. The first-order valence-electron chi connectivity index (χ1n) is 6.67. The van der Waals surface area contributed by atoms with Crippen molar-refractivity contribution in [3.63, 3.8) is 0 Å². The number of amides is 2. The lowest BCUT2D eigenvalue weighted by Crippen LogP contribution is -2.56. The maximum Gasteiger partial charge on any atom is 0.322 e. The van der Waals surface area contributed by atoms with Gasteiger partial charge in [-0.2, -0.15) is 0 Å². The lowest BCUT2D eigenvalue weighted by atomic mass is 10.0. The number of benzene rings is 1. The first-order chi connectivity index (χ1) is 9.40. The molecule has 1 N–H and O–H groups in total. The van der Waals surface area contributed by atoms with E-state index in [4.69, 9.17) is 4.74 Å². The zero-order valence-electron chi connectivity index (χ0n) is 12.1. The molecule has 1 aromatic rings. The van der Waals surface area contributed by atoms with Crippen molar-refractivity contribution in [2.75, 3.05) is 25.1 Å². The molecule has 108 valence electrons. The SMILES string of the molecule is CC(=O)c1cccc(NC(=O)N2CCOCC2(C)C)c1. The maximum absolute atomic E-state index is 12.3. The van der Waals surface area contributed by atoms with Crippen LogP contribution in [-0.4, -0.2) is 42.0 Å². The van der Waals surface area contributed by atoms with Crippen LogP contribution < -0.4 is 5.32 Å². The van der Waals surface area contributed by atoms with E-state index in [9.17, 15) is 9.59 Å². The van der Waals surface area contributed by atoms with E-state index >= 15 is 0 Å². The highest BCUT2D eigenvalue weighted by Crippen LogP contribution is 2.20. The van der Waals surface area contributed by atoms with Gasteiger partial charge in [0.15, 0.2) is 5.78 Å². The first kappa shape index (κ1) is 14.5. The van der Waals surface area contributed by atoms with E-state index in [1.807, 2.05) is 13.8 Å². The molecule has 1 aromatic carbocycles. The Morgan fingerprint density at radius 3 is 2.75 bits per heavy atom. The van der Waals surface area contributed by atoms with Crippen LogP contribution in [0.1, 0.15) is 31.1 Å². The Morgan fingerprint density at radius 2 is 2.10 bits per heavy atom. The minimum Gasteiger partial charge on any atom is -0.377 e. The molecule has 0 bridgehead atoms. The van der Waals surface area contributed by atoms with Crippen molar-refractivity contribution < 1.29 is 14.3 Å². The second-order valence-electron chi connectivity index (χ2n) is 5.58. The number of urea groups is 1. The minimum absolute atomic E-state index is 0.0206. The molecule has 5 nitrogen and oxygen atoms in total. The van der Waals surface area contributed by atoms with Crippen LogP contribution in [0, 0.1) is 0 Å². The lowest BCUT2D eigenvalue weighted by molar-refractivity contribution is -0.0249. The fourth-order valence-electron chi connectivity index (χ4n) is 2.24. The zero-order chi connectivity index (χ0) is 14.8. The number of anilines is 1. The Balaban J connectivity index is 2.11. The predicted octanol–water partition coefficient (Wildman–Crippen LogP) is 2.53. The Hall–Kier alpha value is -1.88. The number of Topliss-reactive ketones (excluding diaryl/α,β-unsaturated/α-hetero) is 1. The number of ketones is 1. The molecular weight excluding hydrogens is 256 g/mol. The average Bonchev–Trinajstić information content (AvgIpc) is 2.38. The van der Waals surface area contributed by atoms with Crippen LogP contribution in [0.25, 0.3) is 0 Å². The van der Waals surface area contributed by atoms with E-state index in [2.05, 4.69) is 5.32 Å². The number of carbonyl (C=O) groups is 2. The third-order valence-electron chi connectivity index (χ3n) is 3.41. The smallest absolute Gasteiger partial charge is 0.322 e. The molecule has 1 saturated heterocycles. The molecular formula is C15H20N2O3. The summed E-state index contributed by atoms with van der Waals surface area (Å²) in [4.78, 5) is 25.4. The number of hydrogen-bond acceptors (Lipinski definition) is 3. The quantitative estimate of drug-likeness (QED) is 0.844. The normalized spacial score (nSPS) is 17.6. The van der Waals surface area contributed by atoms with Gasteiger partial charge in [-0.05, 0) is 32.9 Å². The van der Waals surface area contributed by atoms with Crippen molar-refractivity contribution in [3.8, 4) is 0 Å². The van der Waals surface area contributed by atoms with Gasteiger partial charge < -0.3 is 15.0 Å². The molecule has 0 radical (unpaired) electrons. The summed E-state index contributed by atoms with van der Waals surface area (Å²) in [5.41, 5.74) is 0.884. The summed E-state index contributed by atoms with van der Waals surface area (Å²) in [5.74, 6) is -0.0206. The molecule has 1 aliphatic rings. The van der Waals surface area contributed by atoms with Crippen LogP contribution in [0.5, 0.6) is 0 Å². The second-order valence-corrected chi connectivity index (χ2v) is 5.58. The third-order valence-corrected chi connectivity index (χ3v) is 3.41.